The van der Waals surface area contributed by atoms with Crippen molar-refractivity contribution in [3.8, 4) is 39.3 Å². The molecule has 5 nitrogen and oxygen atoms in total. The molecule has 0 radical (unpaired) electrons. The first-order valence-electron chi connectivity index (χ1n) is 23.1. The van der Waals surface area contributed by atoms with Gasteiger partial charge < -0.3 is 4.57 Å². The predicted molar refractivity (Wildman–Crippen MR) is 273 cm³/mol. The Balaban J connectivity index is 0.00000548. The standard InChI is InChI=1S/C60H55N5.Pt/c1-38(2)47-25-16-26-48(39(3)4)59(47)42-34-61-63(36-42)44-18-15-19-46(32-44)65-57-29-14-13-24-55(57)53-22-11-9-20-51(53)52-21-10-12-23-54(52)56-31-30-45(33-58(56)65)64-37-43(35-62-64)60-49(40(5)6)27-17-28-50(60)41(7)8;/h9-31,34-41H,1-8H3;/q-2;+2. The molecule has 0 aliphatic heterocycles. The van der Waals surface area contributed by atoms with E-state index in [1.165, 1.54) is 44.2 Å². The smallest absolute Gasteiger partial charge is 0.357 e. The molecule has 0 spiro atoms. The van der Waals surface area contributed by atoms with Crippen LogP contribution in [0.25, 0.3) is 82.7 Å². The van der Waals surface area contributed by atoms with Crippen molar-refractivity contribution in [2.75, 3.05) is 0 Å². The van der Waals surface area contributed by atoms with Gasteiger partial charge in [0.2, 0.25) is 0 Å². The second-order valence-corrected chi connectivity index (χ2v) is 18.6. The van der Waals surface area contributed by atoms with Gasteiger partial charge in [-0.3, -0.25) is 9.36 Å². The van der Waals surface area contributed by atoms with Crippen LogP contribution in [0.5, 0.6) is 0 Å². The molecule has 0 unspecified atom stereocenters. The van der Waals surface area contributed by atoms with Crippen LogP contribution in [0.3, 0.4) is 0 Å². The van der Waals surface area contributed by atoms with E-state index in [2.05, 4.69) is 224 Å². The van der Waals surface area contributed by atoms with Crippen LogP contribution in [-0.4, -0.2) is 24.1 Å². The van der Waals surface area contributed by atoms with Gasteiger partial charge in [0.05, 0.1) is 12.4 Å². The van der Waals surface area contributed by atoms with Crippen molar-refractivity contribution in [2.24, 2.45) is 0 Å². The molecular formula is C60H55N5Pt. The van der Waals surface area contributed by atoms with E-state index < -0.39 is 0 Å². The Bertz CT molecular complexity index is 3420. The van der Waals surface area contributed by atoms with Gasteiger partial charge in [0, 0.05) is 34.4 Å². The third-order valence-electron chi connectivity index (χ3n) is 13.0. The topological polar surface area (TPSA) is 40.6 Å². The number of aromatic nitrogens is 5. The van der Waals surface area contributed by atoms with Gasteiger partial charge >= 0.3 is 21.1 Å². The van der Waals surface area contributed by atoms with Crippen molar-refractivity contribution < 1.29 is 21.1 Å². The molecule has 10 aromatic rings. The van der Waals surface area contributed by atoms with E-state index in [0.717, 1.165) is 60.8 Å². The van der Waals surface area contributed by atoms with Crippen LogP contribution in [0.4, 0.5) is 0 Å². The molecule has 0 atom stereocenters. The summed E-state index contributed by atoms with van der Waals surface area (Å²) in [6.07, 6.45) is 8.36. The SMILES string of the molecule is CC(C)c1cccc(C(C)C)c1-c1cnn(-c2[c-]c(-n3c4[c-]c(-n5cc(-c6c(C(C)C)cccc6C(C)C)cn5)ccc4c4ccccc4c4ccccc4c4ccccc43)ccc2)c1.[Pt+2]. The van der Waals surface area contributed by atoms with Crippen molar-refractivity contribution in [1.29, 1.82) is 0 Å². The Morgan fingerprint density at radius 3 is 1.26 bits per heavy atom. The van der Waals surface area contributed by atoms with Crippen LogP contribution < -0.4 is 0 Å². The molecular weight excluding hydrogens is 986 g/mol. The molecule has 3 aromatic heterocycles. The minimum absolute atomic E-state index is 0. The van der Waals surface area contributed by atoms with E-state index in [1.807, 2.05) is 21.8 Å². The van der Waals surface area contributed by atoms with Crippen LogP contribution in [0.2, 0.25) is 0 Å². The summed E-state index contributed by atoms with van der Waals surface area (Å²) in [5, 5.41) is 16.9. The molecule has 0 aliphatic carbocycles. The number of para-hydroxylation sites is 1. The van der Waals surface area contributed by atoms with Crippen LogP contribution in [0.15, 0.2) is 164 Å². The molecule has 0 bridgehead atoms. The summed E-state index contributed by atoms with van der Waals surface area (Å²) < 4.78 is 6.29. The molecule has 0 N–H and O–H groups in total. The molecule has 0 fully saturated rings. The van der Waals surface area contributed by atoms with E-state index in [-0.39, 0.29) is 21.1 Å². The first-order valence-corrected chi connectivity index (χ1v) is 23.1. The first kappa shape index (κ1) is 44.6. The fourth-order valence-electron chi connectivity index (χ4n) is 9.82. The van der Waals surface area contributed by atoms with Crippen molar-refractivity contribution in [1.82, 2.24) is 24.1 Å². The Kier molecular flexibility index (Phi) is 12.4. The van der Waals surface area contributed by atoms with Crippen LogP contribution in [0, 0.1) is 12.1 Å². The van der Waals surface area contributed by atoms with Gasteiger partial charge in [-0.05, 0) is 90.7 Å². The van der Waals surface area contributed by atoms with Crippen molar-refractivity contribution in [3.05, 3.63) is 199 Å². The number of nitrogens with zero attached hydrogens (tertiary/aromatic N) is 5. The molecule has 7 aromatic carbocycles. The maximum absolute atomic E-state index is 5.05. The number of fused-ring (bicyclic) bond motifs is 7. The summed E-state index contributed by atoms with van der Waals surface area (Å²) >= 11 is 0. The van der Waals surface area contributed by atoms with E-state index in [1.54, 1.807) is 0 Å². The fraction of sp³-hybridized carbons (Fsp3) is 0.200. The van der Waals surface area contributed by atoms with Crippen LogP contribution in [-0.2, 0) is 21.1 Å². The largest absolute Gasteiger partial charge is 2.00 e. The zero-order chi connectivity index (χ0) is 44.9. The third kappa shape index (κ3) is 7.98. The molecule has 0 saturated heterocycles. The number of hydrogen-bond donors (Lipinski definition) is 0. The molecule has 6 heteroatoms. The summed E-state index contributed by atoms with van der Waals surface area (Å²) in [5.41, 5.74) is 14.6. The number of benzene rings is 7. The van der Waals surface area contributed by atoms with Crippen molar-refractivity contribution in [2.45, 2.75) is 79.1 Å². The summed E-state index contributed by atoms with van der Waals surface area (Å²) in [6, 6.07) is 58.3. The average Bonchev–Trinajstić information content (AvgIpc) is 4.03. The minimum atomic E-state index is 0. The van der Waals surface area contributed by atoms with Gasteiger partial charge in [0.25, 0.3) is 0 Å². The van der Waals surface area contributed by atoms with E-state index in [0.29, 0.717) is 23.7 Å². The van der Waals surface area contributed by atoms with Gasteiger partial charge in [-0.2, -0.15) is 22.3 Å². The fourth-order valence-corrected chi connectivity index (χ4v) is 9.82. The Morgan fingerprint density at radius 2 is 0.773 bits per heavy atom. The molecule has 0 saturated carbocycles. The normalized spacial score (nSPS) is 11.8. The van der Waals surface area contributed by atoms with Gasteiger partial charge in [0.15, 0.2) is 0 Å². The molecule has 0 aliphatic rings. The molecule has 3 heterocycles. The second kappa shape index (κ2) is 18.4. The van der Waals surface area contributed by atoms with Crippen molar-refractivity contribution >= 4 is 43.4 Å². The summed E-state index contributed by atoms with van der Waals surface area (Å²) in [4.78, 5) is 0. The Morgan fingerprint density at radius 1 is 0.379 bits per heavy atom. The monoisotopic (exact) mass is 1040 g/mol. The molecule has 10 rings (SSSR count). The average molecular weight is 1040 g/mol. The number of hydrogen-bond acceptors (Lipinski definition) is 2. The molecule has 330 valence electrons. The minimum Gasteiger partial charge on any atom is -0.357 e. The summed E-state index contributed by atoms with van der Waals surface area (Å²) in [6.45, 7) is 18.2. The van der Waals surface area contributed by atoms with Crippen LogP contribution >= 0.6 is 0 Å². The van der Waals surface area contributed by atoms with Crippen LogP contribution in [0.1, 0.15) is 101 Å². The van der Waals surface area contributed by atoms with E-state index in [9.17, 15) is 0 Å². The number of rotatable bonds is 9. The van der Waals surface area contributed by atoms with Gasteiger partial charge in [-0.15, -0.1) is 35.7 Å². The molecule has 66 heavy (non-hydrogen) atoms. The van der Waals surface area contributed by atoms with Crippen molar-refractivity contribution in [3.63, 3.8) is 0 Å². The third-order valence-corrected chi connectivity index (χ3v) is 13.0. The van der Waals surface area contributed by atoms with E-state index in [4.69, 9.17) is 10.2 Å². The van der Waals surface area contributed by atoms with E-state index >= 15 is 0 Å². The Labute approximate surface area is 403 Å². The summed E-state index contributed by atoms with van der Waals surface area (Å²) in [5.74, 6) is 1.48. The van der Waals surface area contributed by atoms with Gasteiger partial charge in [-0.25, -0.2) is 0 Å². The maximum atomic E-state index is 5.05. The van der Waals surface area contributed by atoms with Gasteiger partial charge in [-0.1, -0.05) is 175 Å². The Hall–Kier alpha value is -6.55. The molecule has 0 amide bonds. The quantitative estimate of drug-likeness (QED) is 0.135. The predicted octanol–water partition coefficient (Wildman–Crippen LogP) is 16.0. The second-order valence-electron chi connectivity index (χ2n) is 18.6. The summed E-state index contributed by atoms with van der Waals surface area (Å²) in [7, 11) is 0. The maximum Gasteiger partial charge on any atom is 2.00 e. The zero-order valence-corrected chi connectivity index (χ0v) is 41.2. The van der Waals surface area contributed by atoms with Gasteiger partial charge in [0.1, 0.15) is 0 Å². The first-order chi connectivity index (χ1) is 31.6. The zero-order valence-electron chi connectivity index (χ0n) is 39.0.